The Kier molecular flexibility index (Phi) is 4.19. The van der Waals surface area contributed by atoms with E-state index in [4.69, 9.17) is 4.74 Å². The van der Waals surface area contributed by atoms with Crippen LogP contribution < -0.4 is 10.9 Å². The van der Waals surface area contributed by atoms with Gasteiger partial charge in [-0.2, -0.15) is 0 Å². The summed E-state index contributed by atoms with van der Waals surface area (Å²) in [6.45, 7) is 0. The summed E-state index contributed by atoms with van der Waals surface area (Å²) in [5, 5.41) is 0. The number of carbonyl (C=O) groups is 1. The van der Waals surface area contributed by atoms with Gasteiger partial charge in [0.2, 0.25) is 0 Å². The minimum atomic E-state index is -0.295. The van der Waals surface area contributed by atoms with Gasteiger partial charge in [0, 0.05) is 15.0 Å². The zero-order chi connectivity index (χ0) is 12.4. The molecule has 1 aromatic rings. The molecule has 0 amide bonds. The van der Waals surface area contributed by atoms with Gasteiger partial charge in [0.1, 0.15) is 6.04 Å². The summed E-state index contributed by atoms with van der Waals surface area (Å²) in [5.74, 6) is -0.244. The van der Waals surface area contributed by atoms with Gasteiger partial charge in [-0.15, -0.1) is 0 Å². The van der Waals surface area contributed by atoms with E-state index in [1.54, 1.807) is 0 Å². The Labute approximate surface area is 116 Å². The van der Waals surface area contributed by atoms with Crippen molar-refractivity contribution >= 4 is 37.8 Å². The van der Waals surface area contributed by atoms with E-state index in [0.29, 0.717) is 6.42 Å². The van der Waals surface area contributed by atoms with Crippen LogP contribution in [-0.4, -0.2) is 19.1 Å². The minimum absolute atomic E-state index is 0.0889. The van der Waals surface area contributed by atoms with E-state index in [9.17, 15) is 4.79 Å². The Morgan fingerprint density at radius 2 is 2.18 bits per heavy atom. The van der Waals surface area contributed by atoms with E-state index in [-0.39, 0.29) is 18.1 Å². The molecule has 0 aliphatic carbocycles. The number of methoxy groups -OCH3 is 1. The van der Waals surface area contributed by atoms with Gasteiger partial charge in [-0.1, -0.05) is 31.9 Å². The quantitative estimate of drug-likeness (QED) is 0.791. The standard InChI is InChI=1S/C11H12Br2N2O2/c1-17-11(16)10-5-9(14-15-10)7-4-6(12)2-3-8(7)13/h2-4,9-10,14-15H,5H2,1H3. The number of rotatable bonds is 2. The number of carbonyl (C=O) groups excluding carboxylic acids is 1. The average Bonchev–Trinajstić information content (AvgIpc) is 2.80. The number of hydrazine groups is 1. The average molecular weight is 364 g/mol. The zero-order valence-electron chi connectivity index (χ0n) is 9.17. The van der Waals surface area contributed by atoms with Crippen LogP contribution in [0.5, 0.6) is 0 Å². The van der Waals surface area contributed by atoms with Gasteiger partial charge in [0.15, 0.2) is 0 Å². The molecule has 1 aromatic carbocycles. The normalized spacial score (nSPS) is 23.7. The molecule has 0 bridgehead atoms. The highest BCUT2D eigenvalue weighted by molar-refractivity contribution is 9.11. The van der Waals surface area contributed by atoms with Crippen LogP contribution in [0.1, 0.15) is 18.0 Å². The first-order valence-corrected chi connectivity index (χ1v) is 6.74. The smallest absolute Gasteiger partial charge is 0.324 e. The van der Waals surface area contributed by atoms with E-state index < -0.39 is 0 Å². The molecule has 1 heterocycles. The van der Waals surface area contributed by atoms with Crippen LogP contribution in [0.15, 0.2) is 27.1 Å². The van der Waals surface area contributed by atoms with Gasteiger partial charge in [-0.25, -0.2) is 10.9 Å². The topological polar surface area (TPSA) is 50.4 Å². The maximum Gasteiger partial charge on any atom is 0.324 e. The number of ether oxygens (including phenoxy) is 1. The number of esters is 1. The molecular weight excluding hydrogens is 352 g/mol. The first kappa shape index (κ1) is 13.0. The van der Waals surface area contributed by atoms with E-state index in [1.807, 2.05) is 18.2 Å². The molecule has 1 fully saturated rings. The predicted octanol–water partition coefficient (Wildman–Crippen LogP) is 2.29. The molecule has 1 aliphatic heterocycles. The zero-order valence-corrected chi connectivity index (χ0v) is 12.3. The second-order valence-corrected chi connectivity index (χ2v) is 5.59. The van der Waals surface area contributed by atoms with Crippen LogP contribution in [0.4, 0.5) is 0 Å². The van der Waals surface area contributed by atoms with Crippen LogP contribution in [0.3, 0.4) is 0 Å². The number of hydrogen-bond acceptors (Lipinski definition) is 4. The van der Waals surface area contributed by atoms with Crippen molar-refractivity contribution in [3.63, 3.8) is 0 Å². The largest absolute Gasteiger partial charge is 0.468 e. The molecule has 0 aromatic heterocycles. The molecule has 0 radical (unpaired) electrons. The van der Waals surface area contributed by atoms with Crippen LogP contribution >= 0.6 is 31.9 Å². The van der Waals surface area contributed by atoms with Gasteiger partial charge in [0.25, 0.3) is 0 Å². The first-order valence-electron chi connectivity index (χ1n) is 5.15. The number of hydrogen-bond donors (Lipinski definition) is 2. The Morgan fingerprint density at radius 3 is 2.88 bits per heavy atom. The molecule has 1 saturated heterocycles. The third-order valence-electron chi connectivity index (χ3n) is 2.72. The molecule has 2 atom stereocenters. The second-order valence-electron chi connectivity index (χ2n) is 3.82. The highest BCUT2D eigenvalue weighted by Crippen LogP contribution is 2.31. The fourth-order valence-corrected chi connectivity index (χ4v) is 2.74. The van der Waals surface area contributed by atoms with Crippen molar-refractivity contribution in [1.29, 1.82) is 0 Å². The summed E-state index contributed by atoms with van der Waals surface area (Å²) >= 11 is 6.95. The number of nitrogens with one attached hydrogen (secondary N) is 2. The maximum atomic E-state index is 11.4. The molecule has 6 heteroatoms. The number of halogens is 2. The van der Waals surface area contributed by atoms with E-state index in [0.717, 1.165) is 14.5 Å². The highest BCUT2D eigenvalue weighted by atomic mass is 79.9. The lowest BCUT2D eigenvalue weighted by atomic mass is 10.0. The molecule has 0 spiro atoms. The van der Waals surface area contributed by atoms with Gasteiger partial charge in [-0.05, 0) is 30.2 Å². The Hall–Kier alpha value is -0.430. The van der Waals surface area contributed by atoms with Crippen LogP contribution in [0.2, 0.25) is 0 Å². The second kappa shape index (κ2) is 5.48. The molecular formula is C11H12Br2N2O2. The summed E-state index contributed by atoms with van der Waals surface area (Å²) in [5.41, 5.74) is 7.16. The molecule has 2 unspecified atom stereocenters. The third kappa shape index (κ3) is 2.88. The molecule has 92 valence electrons. The van der Waals surface area contributed by atoms with Gasteiger partial charge in [-0.3, -0.25) is 4.79 Å². The summed E-state index contributed by atoms with van der Waals surface area (Å²) < 4.78 is 6.74. The molecule has 2 rings (SSSR count). The van der Waals surface area contributed by atoms with Crippen molar-refractivity contribution in [3.8, 4) is 0 Å². The van der Waals surface area contributed by atoms with Crippen molar-refractivity contribution in [3.05, 3.63) is 32.7 Å². The predicted molar refractivity (Wildman–Crippen MR) is 71.3 cm³/mol. The summed E-state index contributed by atoms with van der Waals surface area (Å²) in [4.78, 5) is 11.4. The van der Waals surface area contributed by atoms with E-state index in [1.165, 1.54) is 7.11 Å². The Balaban J connectivity index is 2.15. The fourth-order valence-electron chi connectivity index (χ4n) is 1.84. The Bertz CT molecular complexity index is 439. The monoisotopic (exact) mass is 362 g/mol. The van der Waals surface area contributed by atoms with Gasteiger partial charge < -0.3 is 4.74 Å². The van der Waals surface area contributed by atoms with E-state index in [2.05, 4.69) is 42.7 Å². The van der Waals surface area contributed by atoms with Crippen molar-refractivity contribution < 1.29 is 9.53 Å². The summed E-state index contributed by atoms with van der Waals surface area (Å²) in [7, 11) is 1.40. The first-order chi connectivity index (χ1) is 8.11. The van der Waals surface area contributed by atoms with Crippen molar-refractivity contribution in [2.75, 3.05) is 7.11 Å². The molecule has 17 heavy (non-hydrogen) atoms. The van der Waals surface area contributed by atoms with Crippen LogP contribution in [-0.2, 0) is 9.53 Å². The van der Waals surface area contributed by atoms with Gasteiger partial charge >= 0.3 is 5.97 Å². The molecule has 0 saturated carbocycles. The minimum Gasteiger partial charge on any atom is -0.468 e. The SMILES string of the molecule is COC(=O)C1CC(c2cc(Br)ccc2Br)NN1. The molecule has 2 N–H and O–H groups in total. The summed E-state index contributed by atoms with van der Waals surface area (Å²) in [6, 6.07) is 5.77. The lowest BCUT2D eigenvalue weighted by Gasteiger charge is -2.12. The lowest BCUT2D eigenvalue weighted by molar-refractivity contribution is -0.142. The van der Waals surface area contributed by atoms with Crippen molar-refractivity contribution in [1.82, 2.24) is 10.9 Å². The van der Waals surface area contributed by atoms with Gasteiger partial charge in [0.05, 0.1) is 7.11 Å². The Morgan fingerprint density at radius 1 is 1.41 bits per heavy atom. The van der Waals surface area contributed by atoms with E-state index >= 15 is 0 Å². The number of benzene rings is 1. The highest BCUT2D eigenvalue weighted by Gasteiger charge is 2.31. The maximum absolute atomic E-state index is 11.4. The van der Waals surface area contributed by atoms with Crippen LogP contribution in [0.25, 0.3) is 0 Å². The van der Waals surface area contributed by atoms with Crippen molar-refractivity contribution in [2.24, 2.45) is 0 Å². The van der Waals surface area contributed by atoms with Crippen molar-refractivity contribution in [2.45, 2.75) is 18.5 Å². The van der Waals surface area contributed by atoms with Crippen LogP contribution in [0, 0.1) is 0 Å². The third-order valence-corrected chi connectivity index (χ3v) is 3.94. The fraction of sp³-hybridized carbons (Fsp3) is 0.364. The molecule has 1 aliphatic rings. The summed E-state index contributed by atoms with van der Waals surface area (Å²) in [6.07, 6.45) is 0.668. The molecule has 4 nitrogen and oxygen atoms in total. The lowest BCUT2D eigenvalue weighted by Crippen LogP contribution is -2.36.